The van der Waals surface area contributed by atoms with E-state index in [1.807, 2.05) is 28.5 Å². The van der Waals surface area contributed by atoms with E-state index in [-0.39, 0.29) is 30.6 Å². The highest BCUT2D eigenvalue weighted by molar-refractivity contribution is 7.10. The van der Waals surface area contributed by atoms with Crippen molar-refractivity contribution in [1.29, 1.82) is 0 Å². The van der Waals surface area contributed by atoms with Gasteiger partial charge in [0.25, 0.3) is 5.91 Å². The SMILES string of the molecule is COc1ccc(CC(=O)Nc2cc(C(=O)NC(CC(=O)O)c3cccs3)ccc2N2CCN(C(=O)C3CC3)CC2)cc1. The van der Waals surface area contributed by atoms with Crippen molar-refractivity contribution in [3.05, 3.63) is 76.0 Å². The molecule has 1 saturated heterocycles. The number of hydrogen-bond donors (Lipinski definition) is 3. The Kier molecular flexibility index (Phi) is 9.06. The molecule has 3 amide bonds. The number of carbonyl (C=O) groups is 4. The smallest absolute Gasteiger partial charge is 0.305 e. The van der Waals surface area contributed by atoms with E-state index in [9.17, 15) is 24.3 Å². The zero-order valence-corrected chi connectivity index (χ0v) is 24.2. The first-order valence-electron chi connectivity index (χ1n) is 14.0. The van der Waals surface area contributed by atoms with E-state index in [2.05, 4.69) is 15.5 Å². The van der Waals surface area contributed by atoms with Crippen LogP contribution < -0.4 is 20.3 Å². The summed E-state index contributed by atoms with van der Waals surface area (Å²) in [6.07, 6.45) is 1.81. The fourth-order valence-corrected chi connectivity index (χ4v) is 5.84. The number of ether oxygens (including phenoxy) is 1. The first-order valence-corrected chi connectivity index (χ1v) is 14.9. The third-order valence-electron chi connectivity index (χ3n) is 7.49. The Morgan fingerprint density at radius 2 is 1.76 bits per heavy atom. The molecule has 5 rings (SSSR count). The molecule has 10 nitrogen and oxygen atoms in total. The maximum atomic E-state index is 13.3. The van der Waals surface area contributed by atoms with Crippen LogP contribution in [0.5, 0.6) is 5.75 Å². The second-order valence-electron chi connectivity index (χ2n) is 10.5. The molecule has 1 saturated carbocycles. The average molecular weight is 591 g/mol. The summed E-state index contributed by atoms with van der Waals surface area (Å²) in [5.74, 6) is -0.619. The van der Waals surface area contributed by atoms with Gasteiger partial charge in [0.1, 0.15) is 5.75 Å². The van der Waals surface area contributed by atoms with Gasteiger partial charge in [-0.2, -0.15) is 0 Å². The van der Waals surface area contributed by atoms with E-state index in [1.54, 1.807) is 43.5 Å². The van der Waals surface area contributed by atoms with E-state index in [0.717, 1.165) is 29.0 Å². The minimum absolute atomic E-state index is 0.128. The summed E-state index contributed by atoms with van der Waals surface area (Å²) in [5, 5.41) is 17.1. The lowest BCUT2D eigenvalue weighted by Crippen LogP contribution is -2.49. The molecule has 11 heteroatoms. The van der Waals surface area contributed by atoms with E-state index in [0.29, 0.717) is 43.2 Å². The molecule has 2 aliphatic rings. The third kappa shape index (κ3) is 7.27. The molecule has 3 N–H and O–H groups in total. The number of anilines is 2. The maximum Gasteiger partial charge on any atom is 0.305 e. The maximum absolute atomic E-state index is 13.3. The van der Waals surface area contributed by atoms with E-state index >= 15 is 0 Å². The number of rotatable bonds is 11. The van der Waals surface area contributed by atoms with E-state index in [1.165, 1.54) is 11.3 Å². The molecule has 0 spiro atoms. The molecule has 1 aromatic heterocycles. The molecular weight excluding hydrogens is 556 g/mol. The third-order valence-corrected chi connectivity index (χ3v) is 8.47. The average Bonchev–Trinajstić information content (AvgIpc) is 3.69. The van der Waals surface area contributed by atoms with Gasteiger partial charge in [-0.1, -0.05) is 18.2 Å². The predicted molar refractivity (Wildman–Crippen MR) is 160 cm³/mol. The van der Waals surface area contributed by atoms with Gasteiger partial charge in [-0.25, -0.2) is 0 Å². The molecule has 0 radical (unpaired) electrons. The fourth-order valence-electron chi connectivity index (χ4n) is 5.06. The summed E-state index contributed by atoms with van der Waals surface area (Å²) in [6.45, 7) is 2.39. The van der Waals surface area contributed by atoms with Gasteiger partial charge in [-0.05, 0) is 60.2 Å². The number of nitrogens with zero attached hydrogens (tertiary/aromatic N) is 2. The molecule has 2 heterocycles. The van der Waals surface area contributed by atoms with Gasteiger partial charge in [0.2, 0.25) is 11.8 Å². The zero-order valence-electron chi connectivity index (χ0n) is 23.4. The Morgan fingerprint density at radius 1 is 1.02 bits per heavy atom. The standard InChI is InChI=1S/C31H34N4O6S/c1-41-23-9-4-20(5-10-23)17-28(36)32-24-18-22(30(39)33-25(19-29(37)38)27-3-2-16-42-27)8-11-26(24)34-12-14-35(15-13-34)31(40)21-6-7-21/h2-5,8-11,16,18,21,25H,6-7,12-15,17,19H2,1H3,(H,32,36)(H,33,39)(H,37,38). The van der Waals surface area contributed by atoms with Crippen molar-refractivity contribution in [1.82, 2.24) is 10.2 Å². The van der Waals surface area contributed by atoms with Gasteiger partial charge in [-0.3, -0.25) is 19.2 Å². The highest BCUT2D eigenvalue weighted by Crippen LogP contribution is 2.33. The number of nitrogens with one attached hydrogen (secondary N) is 2. The number of benzene rings is 2. The van der Waals surface area contributed by atoms with E-state index < -0.39 is 17.9 Å². The minimum atomic E-state index is -1.02. The van der Waals surface area contributed by atoms with Crippen molar-refractivity contribution in [3.8, 4) is 5.75 Å². The number of carboxylic acid groups (broad SMARTS) is 1. The topological polar surface area (TPSA) is 128 Å². The summed E-state index contributed by atoms with van der Waals surface area (Å²) in [5.41, 5.74) is 2.35. The number of aliphatic carboxylic acids is 1. The normalized spacial score (nSPS) is 15.5. The summed E-state index contributed by atoms with van der Waals surface area (Å²) in [4.78, 5) is 55.3. The summed E-state index contributed by atoms with van der Waals surface area (Å²) < 4.78 is 5.20. The fraction of sp³-hybridized carbons (Fsp3) is 0.355. The Labute approximate surface area is 248 Å². The summed E-state index contributed by atoms with van der Waals surface area (Å²) >= 11 is 1.38. The number of carboxylic acids is 1. The monoisotopic (exact) mass is 590 g/mol. The molecule has 0 bridgehead atoms. The van der Waals surface area contributed by atoms with Crippen LogP contribution in [0.1, 0.15) is 46.1 Å². The Balaban J connectivity index is 1.35. The number of thiophene rings is 1. The van der Waals surface area contributed by atoms with Gasteiger partial charge in [-0.15, -0.1) is 11.3 Å². The van der Waals surface area contributed by atoms with Crippen molar-refractivity contribution in [2.75, 3.05) is 43.5 Å². The van der Waals surface area contributed by atoms with Crippen molar-refractivity contribution < 1.29 is 29.0 Å². The Morgan fingerprint density at radius 3 is 2.38 bits per heavy atom. The number of methoxy groups -OCH3 is 1. The van der Waals surface area contributed by atoms with Gasteiger partial charge in [0, 0.05) is 42.5 Å². The molecule has 1 aliphatic heterocycles. The first kappa shape index (κ1) is 29.1. The number of hydrogen-bond acceptors (Lipinski definition) is 7. The van der Waals surface area contributed by atoms with Crippen LogP contribution in [0.25, 0.3) is 0 Å². The lowest BCUT2D eigenvalue weighted by molar-refractivity contribution is -0.137. The van der Waals surface area contributed by atoms with Crippen molar-refractivity contribution >= 4 is 46.4 Å². The van der Waals surface area contributed by atoms with Gasteiger partial charge in [0.05, 0.1) is 37.4 Å². The molecule has 220 valence electrons. The largest absolute Gasteiger partial charge is 0.497 e. The molecule has 1 atom stereocenters. The lowest BCUT2D eigenvalue weighted by atomic mass is 10.1. The summed E-state index contributed by atoms with van der Waals surface area (Å²) in [7, 11) is 1.58. The zero-order chi connectivity index (χ0) is 29.6. The second kappa shape index (κ2) is 13.1. The second-order valence-corrected chi connectivity index (χ2v) is 11.5. The van der Waals surface area contributed by atoms with Crippen LogP contribution >= 0.6 is 11.3 Å². The Hall–Kier alpha value is -4.38. The minimum Gasteiger partial charge on any atom is -0.497 e. The molecule has 42 heavy (non-hydrogen) atoms. The highest BCUT2D eigenvalue weighted by Gasteiger charge is 2.35. The van der Waals surface area contributed by atoms with Crippen LogP contribution in [0.3, 0.4) is 0 Å². The van der Waals surface area contributed by atoms with Crippen LogP contribution in [-0.4, -0.2) is 67.0 Å². The van der Waals surface area contributed by atoms with Gasteiger partial charge >= 0.3 is 5.97 Å². The van der Waals surface area contributed by atoms with Crippen LogP contribution in [-0.2, 0) is 20.8 Å². The predicted octanol–water partition coefficient (Wildman–Crippen LogP) is 3.94. The quantitative estimate of drug-likeness (QED) is 0.309. The van der Waals surface area contributed by atoms with Crippen molar-refractivity contribution in [2.45, 2.75) is 31.7 Å². The van der Waals surface area contributed by atoms with E-state index in [4.69, 9.17) is 4.74 Å². The van der Waals surface area contributed by atoms with Crippen molar-refractivity contribution in [2.24, 2.45) is 5.92 Å². The molecule has 2 aromatic carbocycles. The number of amides is 3. The van der Waals surface area contributed by atoms with Crippen LogP contribution in [0.15, 0.2) is 60.0 Å². The van der Waals surface area contributed by atoms with Crippen LogP contribution in [0.2, 0.25) is 0 Å². The van der Waals surface area contributed by atoms with Crippen molar-refractivity contribution in [3.63, 3.8) is 0 Å². The highest BCUT2D eigenvalue weighted by atomic mass is 32.1. The molecule has 3 aromatic rings. The van der Waals surface area contributed by atoms with Gasteiger partial charge < -0.3 is 30.3 Å². The summed E-state index contributed by atoms with van der Waals surface area (Å²) in [6, 6.07) is 15.3. The molecular formula is C31H34N4O6S. The molecule has 1 unspecified atom stereocenters. The lowest BCUT2D eigenvalue weighted by Gasteiger charge is -2.37. The van der Waals surface area contributed by atoms with Gasteiger partial charge in [0.15, 0.2) is 0 Å². The van der Waals surface area contributed by atoms with Crippen LogP contribution in [0, 0.1) is 5.92 Å². The number of piperazine rings is 1. The number of carbonyl (C=O) groups excluding carboxylic acids is 3. The first-order chi connectivity index (χ1) is 20.3. The molecule has 2 fully saturated rings. The molecule has 1 aliphatic carbocycles. The Bertz CT molecular complexity index is 1430. The van der Waals surface area contributed by atoms with Crippen LogP contribution in [0.4, 0.5) is 11.4 Å².